The van der Waals surface area contributed by atoms with Gasteiger partial charge in [-0.05, 0) is 69.0 Å². The quantitative estimate of drug-likeness (QED) is 0.423. The molecule has 0 saturated carbocycles. The zero-order valence-corrected chi connectivity index (χ0v) is 21.1. The van der Waals surface area contributed by atoms with E-state index in [-0.39, 0.29) is 6.10 Å². The summed E-state index contributed by atoms with van der Waals surface area (Å²) in [5, 5.41) is 14.5. The molecule has 1 aliphatic rings. The Morgan fingerprint density at radius 3 is 2.59 bits per heavy atom. The molecule has 9 heteroatoms. The number of benzene rings is 2. The molecular formula is C28H31N3O6. The monoisotopic (exact) mass is 505 g/mol. The van der Waals surface area contributed by atoms with Gasteiger partial charge in [0.2, 0.25) is 11.8 Å². The van der Waals surface area contributed by atoms with Gasteiger partial charge >= 0.3 is 6.09 Å². The third-order valence-electron chi connectivity index (χ3n) is 5.56. The smallest absolute Gasteiger partial charge is 0.408 e. The molecule has 0 radical (unpaired) electrons. The van der Waals surface area contributed by atoms with Crippen molar-refractivity contribution in [3.63, 3.8) is 0 Å². The van der Waals surface area contributed by atoms with E-state index >= 15 is 0 Å². The highest BCUT2D eigenvalue weighted by atomic mass is 16.6. The zero-order valence-electron chi connectivity index (χ0n) is 21.1. The number of hydrogen-bond donors (Lipinski definition) is 3. The minimum atomic E-state index is -1.18. The van der Waals surface area contributed by atoms with Gasteiger partial charge in [-0.3, -0.25) is 4.79 Å². The lowest BCUT2D eigenvalue weighted by atomic mass is 9.97. The van der Waals surface area contributed by atoms with Crippen LogP contribution in [0.25, 0.3) is 0 Å². The Bertz CT molecular complexity index is 1220. The molecule has 2 atom stereocenters. The van der Waals surface area contributed by atoms with Crippen molar-refractivity contribution in [1.82, 2.24) is 10.3 Å². The fourth-order valence-electron chi connectivity index (χ4n) is 3.84. The number of pyridine rings is 1. The summed E-state index contributed by atoms with van der Waals surface area (Å²) in [6, 6.07) is 17.9. The maximum atomic E-state index is 12.5. The van der Waals surface area contributed by atoms with Crippen LogP contribution in [0.15, 0.2) is 66.9 Å². The van der Waals surface area contributed by atoms with Gasteiger partial charge in [0.1, 0.15) is 29.2 Å². The Kier molecular flexibility index (Phi) is 7.93. The number of amides is 2. The maximum Gasteiger partial charge on any atom is 0.408 e. The van der Waals surface area contributed by atoms with Gasteiger partial charge in [0.15, 0.2) is 0 Å². The summed E-state index contributed by atoms with van der Waals surface area (Å²) in [6.45, 7) is 4.52. The maximum absolute atomic E-state index is 12.5. The highest BCUT2D eigenvalue weighted by molar-refractivity contribution is 5.96. The second-order valence-electron chi connectivity index (χ2n) is 9.68. The molecule has 2 unspecified atom stereocenters. The number of alkyl carbamates (subject to hydrolysis) is 1. The van der Waals surface area contributed by atoms with E-state index in [1.165, 1.54) is 6.20 Å². The van der Waals surface area contributed by atoms with E-state index in [1.807, 2.05) is 36.4 Å². The van der Waals surface area contributed by atoms with Crippen molar-refractivity contribution in [1.29, 1.82) is 0 Å². The van der Waals surface area contributed by atoms with Crippen LogP contribution in [0.3, 0.4) is 0 Å². The van der Waals surface area contributed by atoms with Crippen LogP contribution in [0.2, 0.25) is 0 Å². The lowest BCUT2D eigenvalue weighted by Gasteiger charge is -2.26. The molecule has 2 heterocycles. The highest BCUT2D eigenvalue weighted by Crippen LogP contribution is 2.37. The van der Waals surface area contributed by atoms with Crippen molar-refractivity contribution in [2.24, 2.45) is 0 Å². The largest absolute Gasteiger partial charge is 0.485 e. The lowest BCUT2D eigenvalue weighted by Crippen LogP contribution is -2.47. The molecule has 0 fully saturated rings. The van der Waals surface area contributed by atoms with Crippen molar-refractivity contribution in [2.45, 2.75) is 51.4 Å². The number of anilines is 1. The first kappa shape index (κ1) is 26.0. The first-order valence-corrected chi connectivity index (χ1v) is 12.1. The molecule has 2 amide bonds. The third-order valence-corrected chi connectivity index (χ3v) is 5.56. The number of rotatable bonds is 7. The molecule has 9 nitrogen and oxygen atoms in total. The summed E-state index contributed by atoms with van der Waals surface area (Å²) in [6.07, 6.45) is 2.42. The number of aliphatic hydroxyl groups excluding tert-OH is 1. The number of carbonyl (C=O) groups is 2. The number of aromatic nitrogens is 1. The first-order valence-electron chi connectivity index (χ1n) is 12.1. The summed E-state index contributed by atoms with van der Waals surface area (Å²) in [5.74, 6) is 1.22. The number of aliphatic hydroxyl groups is 1. The molecule has 0 aliphatic carbocycles. The van der Waals surface area contributed by atoms with Crippen LogP contribution in [0.1, 0.15) is 44.4 Å². The molecule has 1 aromatic heterocycles. The number of fused-ring (bicyclic) bond motifs is 1. The van der Waals surface area contributed by atoms with Crippen molar-refractivity contribution >= 4 is 17.7 Å². The van der Waals surface area contributed by atoms with Crippen molar-refractivity contribution < 1.29 is 28.9 Å². The topological polar surface area (TPSA) is 119 Å². The average Bonchev–Trinajstić information content (AvgIpc) is 2.87. The van der Waals surface area contributed by atoms with Gasteiger partial charge in [0, 0.05) is 6.07 Å². The van der Waals surface area contributed by atoms with E-state index in [1.54, 1.807) is 32.9 Å². The predicted octanol–water partition coefficient (Wildman–Crippen LogP) is 4.76. The van der Waals surface area contributed by atoms with Gasteiger partial charge in [-0.1, -0.05) is 30.3 Å². The van der Waals surface area contributed by atoms with E-state index in [0.29, 0.717) is 17.3 Å². The van der Waals surface area contributed by atoms with Gasteiger partial charge in [-0.15, -0.1) is 0 Å². The number of hydrogen-bond acceptors (Lipinski definition) is 7. The number of nitrogens with one attached hydrogen (secondary N) is 2. The van der Waals surface area contributed by atoms with Crippen molar-refractivity contribution in [3.05, 3.63) is 78.0 Å². The lowest BCUT2D eigenvalue weighted by molar-refractivity contribution is -0.119. The fraction of sp³-hybridized carbons (Fsp3) is 0.321. The van der Waals surface area contributed by atoms with Crippen LogP contribution in [0.5, 0.6) is 17.4 Å². The molecule has 0 saturated heterocycles. The van der Waals surface area contributed by atoms with Gasteiger partial charge in [0.25, 0.3) is 0 Å². The highest BCUT2D eigenvalue weighted by Gasteiger charge is 2.24. The van der Waals surface area contributed by atoms with Gasteiger partial charge in [-0.25, -0.2) is 9.78 Å². The molecule has 3 N–H and O–H groups in total. The Balaban J connectivity index is 1.33. The van der Waals surface area contributed by atoms with E-state index < -0.39 is 30.3 Å². The van der Waals surface area contributed by atoms with Crippen LogP contribution in [0, 0.1) is 0 Å². The van der Waals surface area contributed by atoms with Crippen LogP contribution in [0.4, 0.5) is 10.5 Å². The summed E-state index contributed by atoms with van der Waals surface area (Å²) < 4.78 is 17.2. The SMILES string of the molecule is CC(C)(C)OC(=O)NC(CO)C(=O)Nc1ccc(Oc2ccc3c(c2)CCC(c2ccccc2)O3)nc1. The normalized spacial score (nSPS) is 15.5. The van der Waals surface area contributed by atoms with Crippen LogP contribution >= 0.6 is 0 Å². The summed E-state index contributed by atoms with van der Waals surface area (Å²) >= 11 is 0. The Hall–Kier alpha value is -4.11. The van der Waals surface area contributed by atoms with Crippen molar-refractivity contribution in [2.75, 3.05) is 11.9 Å². The third kappa shape index (κ3) is 7.20. The van der Waals surface area contributed by atoms with Crippen LogP contribution in [-0.4, -0.2) is 40.3 Å². The van der Waals surface area contributed by atoms with Gasteiger partial charge < -0.3 is 30.0 Å². The number of aryl methyl sites for hydroxylation is 1. The first-order chi connectivity index (χ1) is 17.7. The Morgan fingerprint density at radius 2 is 1.92 bits per heavy atom. The molecule has 1 aliphatic heterocycles. The second-order valence-corrected chi connectivity index (χ2v) is 9.68. The molecule has 0 spiro atoms. The summed E-state index contributed by atoms with van der Waals surface area (Å²) in [7, 11) is 0. The van der Waals surface area contributed by atoms with E-state index in [9.17, 15) is 14.7 Å². The molecule has 2 aromatic carbocycles. The molecular weight excluding hydrogens is 474 g/mol. The zero-order chi connectivity index (χ0) is 26.4. The molecule has 194 valence electrons. The van der Waals surface area contributed by atoms with Crippen LogP contribution in [-0.2, 0) is 16.0 Å². The summed E-state index contributed by atoms with van der Waals surface area (Å²) in [4.78, 5) is 28.6. The van der Waals surface area contributed by atoms with E-state index in [2.05, 4.69) is 27.8 Å². The standard InChI is InChI=1S/C28H31N3O6/c1-28(2,3)37-27(34)31-22(17-32)26(33)30-20-10-14-25(29-16-20)35-21-11-13-24-19(15-21)9-12-23(36-24)18-7-5-4-6-8-18/h4-8,10-11,13-16,22-23,32H,9,12,17H2,1-3H3,(H,30,33)(H,31,34). The summed E-state index contributed by atoms with van der Waals surface area (Å²) in [5.41, 5.74) is 1.89. The minimum Gasteiger partial charge on any atom is -0.485 e. The van der Waals surface area contributed by atoms with E-state index in [4.69, 9.17) is 14.2 Å². The van der Waals surface area contributed by atoms with Crippen molar-refractivity contribution in [3.8, 4) is 17.4 Å². The Morgan fingerprint density at radius 1 is 1.14 bits per heavy atom. The second kappa shape index (κ2) is 11.3. The molecule has 3 aromatic rings. The number of carbonyl (C=O) groups excluding carboxylic acids is 2. The predicted molar refractivity (Wildman–Crippen MR) is 138 cm³/mol. The molecule has 4 rings (SSSR count). The molecule has 0 bridgehead atoms. The van der Waals surface area contributed by atoms with Gasteiger partial charge in [-0.2, -0.15) is 0 Å². The number of nitrogens with zero attached hydrogens (tertiary/aromatic N) is 1. The van der Waals surface area contributed by atoms with Crippen LogP contribution < -0.4 is 20.1 Å². The fourth-order valence-corrected chi connectivity index (χ4v) is 3.84. The van der Waals surface area contributed by atoms with E-state index in [0.717, 1.165) is 29.7 Å². The number of ether oxygens (including phenoxy) is 3. The van der Waals surface area contributed by atoms with Gasteiger partial charge in [0.05, 0.1) is 18.5 Å². The Labute approximate surface area is 215 Å². The average molecular weight is 506 g/mol. The minimum absolute atomic E-state index is 0.0367. The molecule has 37 heavy (non-hydrogen) atoms.